The van der Waals surface area contributed by atoms with E-state index in [0.717, 1.165) is 17.7 Å². The summed E-state index contributed by atoms with van der Waals surface area (Å²) in [5.41, 5.74) is 0.744. The summed E-state index contributed by atoms with van der Waals surface area (Å²) in [4.78, 5) is 4.15. The van der Waals surface area contributed by atoms with Crippen LogP contribution in [0, 0.1) is 0 Å². The van der Waals surface area contributed by atoms with E-state index < -0.39 is 0 Å². The SMILES string of the molecule is CN=C(NCCc1ccco1)NCc1cc(OC)ccc1O.I. The van der Waals surface area contributed by atoms with Crippen molar-refractivity contribution in [3.63, 3.8) is 0 Å². The molecule has 0 fully saturated rings. The van der Waals surface area contributed by atoms with Crippen LogP contribution in [0.25, 0.3) is 0 Å². The van der Waals surface area contributed by atoms with Gasteiger partial charge in [-0.25, -0.2) is 0 Å². The zero-order valence-electron chi connectivity index (χ0n) is 13.2. The molecule has 6 nitrogen and oxygen atoms in total. The van der Waals surface area contributed by atoms with Gasteiger partial charge in [-0.05, 0) is 30.3 Å². The second kappa shape index (κ2) is 9.98. The highest BCUT2D eigenvalue weighted by Gasteiger charge is 2.05. The zero-order chi connectivity index (χ0) is 15.8. The molecule has 0 aliphatic heterocycles. The van der Waals surface area contributed by atoms with E-state index in [4.69, 9.17) is 9.15 Å². The van der Waals surface area contributed by atoms with E-state index in [1.807, 2.05) is 12.1 Å². The number of phenols is 1. The second-order valence-electron chi connectivity index (χ2n) is 4.68. The number of guanidine groups is 1. The standard InChI is InChI=1S/C16H21N3O3.HI/c1-17-16(18-8-7-13-4-3-9-22-13)19-11-12-10-14(21-2)5-6-15(12)20;/h3-6,9-10,20H,7-8,11H2,1-2H3,(H2,17,18,19);1H. The minimum atomic E-state index is 0. The van der Waals surface area contributed by atoms with Gasteiger partial charge in [0.1, 0.15) is 17.3 Å². The molecule has 23 heavy (non-hydrogen) atoms. The topological polar surface area (TPSA) is 79.0 Å². The molecule has 0 spiro atoms. The average Bonchev–Trinajstić information content (AvgIpc) is 3.05. The number of phenolic OH excluding ortho intramolecular Hbond substituents is 1. The smallest absolute Gasteiger partial charge is 0.191 e. The molecule has 0 unspecified atom stereocenters. The third kappa shape index (κ3) is 6.01. The number of hydrogen-bond acceptors (Lipinski definition) is 4. The number of rotatable bonds is 6. The molecule has 0 saturated heterocycles. The Morgan fingerprint density at radius 2 is 2.13 bits per heavy atom. The van der Waals surface area contributed by atoms with Crippen LogP contribution < -0.4 is 15.4 Å². The Morgan fingerprint density at radius 3 is 2.78 bits per heavy atom. The number of hydrogen-bond donors (Lipinski definition) is 3. The highest BCUT2D eigenvalue weighted by Crippen LogP contribution is 2.22. The largest absolute Gasteiger partial charge is 0.508 e. The van der Waals surface area contributed by atoms with Crippen LogP contribution in [-0.2, 0) is 13.0 Å². The summed E-state index contributed by atoms with van der Waals surface area (Å²) in [7, 11) is 3.30. The summed E-state index contributed by atoms with van der Waals surface area (Å²) in [5, 5.41) is 16.2. The summed E-state index contributed by atoms with van der Waals surface area (Å²) in [6.07, 6.45) is 2.44. The van der Waals surface area contributed by atoms with Crippen molar-refractivity contribution in [2.75, 3.05) is 20.7 Å². The first kappa shape index (κ1) is 19.1. The van der Waals surface area contributed by atoms with Crippen LogP contribution in [0.2, 0.25) is 0 Å². The normalized spacial score (nSPS) is 10.8. The van der Waals surface area contributed by atoms with Crippen LogP contribution in [0.3, 0.4) is 0 Å². The molecule has 7 heteroatoms. The van der Waals surface area contributed by atoms with Gasteiger partial charge in [0.25, 0.3) is 0 Å². The van der Waals surface area contributed by atoms with Crippen LogP contribution in [0.15, 0.2) is 46.0 Å². The maximum Gasteiger partial charge on any atom is 0.191 e. The third-order valence-corrected chi connectivity index (χ3v) is 3.20. The molecule has 0 saturated carbocycles. The van der Waals surface area contributed by atoms with Gasteiger partial charge < -0.3 is 24.9 Å². The number of ether oxygens (including phenoxy) is 1. The molecule has 0 aliphatic carbocycles. The lowest BCUT2D eigenvalue weighted by Gasteiger charge is -2.13. The molecular formula is C16H22IN3O3. The maximum atomic E-state index is 9.85. The van der Waals surface area contributed by atoms with Crippen molar-refractivity contribution in [2.45, 2.75) is 13.0 Å². The van der Waals surface area contributed by atoms with Crippen molar-refractivity contribution in [3.05, 3.63) is 47.9 Å². The fourth-order valence-electron chi connectivity index (χ4n) is 1.99. The molecule has 0 aliphatic rings. The molecule has 126 valence electrons. The van der Waals surface area contributed by atoms with Crippen LogP contribution in [0.4, 0.5) is 0 Å². The molecule has 1 aromatic heterocycles. The summed E-state index contributed by atoms with van der Waals surface area (Å²) in [5.74, 6) is 2.51. The summed E-state index contributed by atoms with van der Waals surface area (Å²) in [6.45, 7) is 1.15. The molecular weight excluding hydrogens is 409 g/mol. The quantitative estimate of drug-likeness (QED) is 0.372. The average molecular weight is 431 g/mol. The Morgan fingerprint density at radius 1 is 1.30 bits per heavy atom. The Kier molecular flexibility index (Phi) is 8.31. The molecule has 3 N–H and O–H groups in total. The molecule has 0 atom stereocenters. The number of methoxy groups -OCH3 is 1. The lowest BCUT2D eigenvalue weighted by atomic mass is 10.2. The van der Waals surface area contributed by atoms with Crippen LogP contribution >= 0.6 is 24.0 Å². The Bertz CT molecular complexity index is 615. The third-order valence-electron chi connectivity index (χ3n) is 3.20. The van der Waals surface area contributed by atoms with Crippen LogP contribution in [0.5, 0.6) is 11.5 Å². The van der Waals surface area contributed by atoms with Crippen molar-refractivity contribution in [3.8, 4) is 11.5 Å². The highest BCUT2D eigenvalue weighted by molar-refractivity contribution is 14.0. The van der Waals surface area contributed by atoms with E-state index in [1.54, 1.807) is 38.6 Å². The van der Waals surface area contributed by atoms with Crippen molar-refractivity contribution in [1.82, 2.24) is 10.6 Å². The Balaban J connectivity index is 0.00000264. The predicted molar refractivity (Wildman–Crippen MR) is 101 cm³/mol. The van der Waals surface area contributed by atoms with E-state index in [1.165, 1.54) is 0 Å². The van der Waals surface area contributed by atoms with Gasteiger partial charge >= 0.3 is 0 Å². The van der Waals surface area contributed by atoms with E-state index in [0.29, 0.717) is 24.8 Å². The molecule has 0 radical (unpaired) electrons. The van der Waals surface area contributed by atoms with Gasteiger partial charge in [-0.3, -0.25) is 4.99 Å². The number of aliphatic imine (C=N–C) groups is 1. The maximum absolute atomic E-state index is 9.85. The summed E-state index contributed by atoms with van der Waals surface area (Å²) in [6, 6.07) is 8.93. The van der Waals surface area contributed by atoms with Gasteiger partial charge in [0.2, 0.25) is 0 Å². The van der Waals surface area contributed by atoms with Gasteiger partial charge in [0, 0.05) is 32.1 Å². The molecule has 2 rings (SSSR count). The molecule has 2 aromatic rings. The van der Waals surface area contributed by atoms with Gasteiger partial charge in [-0.1, -0.05) is 0 Å². The van der Waals surface area contributed by atoms with Gasteiger partial charge in [0.15, 0.2) is 5.96 Å². The van der Waals surface area contributed by atoms with Crippen molar-refractivity contribution < 1.29 is 14.3 Å². The van der Waals surface area contributed by atoms with E-state index in [9.17, 15) is 5.11 Å². The van der Waals surface area contributed by atoms with Crippen LogP contribution in [-0.4, -0.2) is 31.8 Å². The zero-order valence-corrected chi connectivity index (χ0v) is 15.5. The van der Waals surface area contributed by atoms with Crippen molar-refractivity contribution in [2.24, 2.45) is 4.99 Å². The minimum absolute atomic E-state index is 0. The number of furan rings is 1. The first-order valence-electron chi connectivity index (χ1n) is 7.05. The van der Waals surface area contributed by atoms with E-state index in [2.05, 4.69) is 15.6 Å². The summed E-state index contributed by atoms with van der Waals surface area (Å²) < 4.78 is 10.4. The highest BCUT2D eigenvalue weighted by atomic mass is 127. The Labute approximate surface area is 153 Å². The minimum Gasteiger partial charge on any atom is -0.508 e. The number of nitrogens with zero attached hydrogens (tertiary/aromatic N) is 1. The van der Waals surface area contributed by atoms with Gasteiger partial charge in [0.05, 0.1) is 13.4 Å². The number of benzene rings is 1. The Hall–Kier alpha value is -1.90. The van der Waals surface area contributed by atoms with Gasteiger partial charge in [-0.2, -0.15) is 0 Å². The lowest BCUT2D eigenvalue weighted by molar-refractivity contribution is 0.410. The molecule has 0 bridgehead atoms. The number of aromatic hydroxyl groups is 1. The van der Waals surface area contributed by atoms with Crippen molar-refractivity contribution in [1.29, 1.82) is 0 Å². The van der Waals surface area contributed by atoms with Crippen LogP contribution in [0.1, 0.15) is 11.3 Å². The first-order valence-corrected chi connectivity index (χ1v) is 7.05. The van der Waals surface area contributed by atoms with E-state index in [-0.39, 0.29) is 29.7 Å². The first-order chi connectivity index (χ1) is 10.7. The number of nitrogens with one attached hydrogen (secondary N) is 2. The molecule has 1 heterocycles. The van der Waals surface area contributed by atoms with Crippen molar-refractivity contribution >= 4 is 29.9 Å². The number of halogens is 1. The monoisotopic (exact) mass is 431 g/mol. The summed E-state index contributed by atoms with van der Waals surface area (Å²) >= 11 is 0. The molecule has 0 amide bonds. The van der Waals surface area contributed by atoms with E-state index >= 15 is 0 Å². The fourth-order valence-corrected chi connectivity index (χ4v) is 1.99. The fraction of sp³-hybridized carbons (Fsp3) is 0.312. The molecule has 1 aromatic carbocycles. The second-order valence-corrected chi connectivity index (χ2v) is 4.68. The lowest BCUT2D eigenvalue weighted by Crippen LogP contribution is -2.37. The predicted octanol–water partition coefficient (Wildman–Crippen LogP) is 2.52. The van der Waals surface area contributed by atoms with Gasteiger partial charge in [-0.15, -0.1) is 24.0 Å².